The Labute approximate surface area is 227 Å². The van der Waals surface area contributed by atoms with Crippen LogP contribution < -0.4 is 4.18 Å². The van der Waals surface area contributed by atoms with Crippen LogP contribution in [-0.4, -0.2) is 24.5 Å². The maximum atomic E-state index is 13.2. The van der Waals surface area contributed by atoms with Crippen molar-refractivity contribution in [3.05, 3.63) is 111 Å². The minimum Gasteiger partial charge on any atom is -0.378 e. The Balaban J connectivity index is 1.53. The van der Waals surface area contributed by atoms with Gasteiger partial charge in [0.1, 0.15) is 4.90 Å². The predicted octanol–water partition coefficient (Wildman–Crippen LogP) is 7.15. The SMILES string of the molecule is O=C1S/C(=C\c2c(OS(=O)(=O)c3ccc(Cl)cc3)ccc3ccccc23)C(=O)N1Cc1ccc(Cl)cc1. The Hall–Kier alpha value is -3.30. The van der Waals surface area contributed by atoms with E-state index >= 15 is 0 Å². The van der Waals surface area contributed by atoms with Gasteiger partial charge in [0.2, 0.25) is 0 Å². The van der Waals surface area contributed by atoms with Crippen molar-refractivity contribution in [2.24, 2.45) is 0 Å². The van der Waals surface area contributed by atoms with E-state index in [-0.39, 0.29) is 22.1 Å². The number of carbonyl (C=O) groups excluding carboxylic acids is 2. The van der Waals surface area contributed by atoms with E-state index < -0.39 is 21.3 Å². The second-order valence-corrected chi connectivity index (χ2v) is 11.5. The maximum Gasteiger partial charge on any atom is 0.339 e. The Kier molecular flexibility index (Phi) is 7.00. The number of halogens is 2. The molecule has 1 aliphatic heterocycles. The number of amides is 2. The highest BCUT2D eigenvalue weighted by Gasteiger charge is 2.35. The molecular weight excluding hydrogens is 553 g/mol. The van der Waals surface area contributed by atoms with Crippen LogP contribution in [0.1, 0.15) is 11.1 Å². The van der Waals surface area contributed by atoms with Crippen molar-refractivity contribution in [2.75, 3.05) is 0 Å². The van der Waals surface area contributed by atoms with Crippen LogP contribution in [0, 0.1) is 0 Å². The van der Waals surface area contributed by atoms with Crippen molar-refractivity contribution < 1.29 is 22.2 Å². The van der Waals surface area contributed by atoms with Crippen LogP contribution in [-0.2, 0) is 21.5 Å². The summed E-state index contributed by atoms with van der Waals surface area (Å²) in [6.07, 6.45) is 1.50. The molecule has 0 saturated carbocycles. The molecular formula is C27H17Cl2NO5S2. The van der Waals surface area contributed by atoms with Crippen LogP contribution in [0.25, 0.3) is 16.8 Å². The van der Waals surface area contributed by atoms with Crippen LogP contribution in [0.4, 0.5) is 4.79 Å². The molecule has 0 bridgehead atoms. The highest BCUT2D eigenvalue weighted by molar-refractivity contribution is 8.18. The Morgan fingerprint density at radius 2 is 1.49 bits per heavy atom. The number of thioether (sulfide) groups is 1. The van der Waals surface area contributed by atoms with Gasteiger partial charge in [-0.3, -0.25) is 14.5 Å². The maximum absolute atomic E-state index is 13.2. The van der Waals surface area contributed by atoms with Crippen molar-refractivity contribution in [2.45, 2.75) is 11.4 Å². The summed E-state index contributed by atoms with van der Waals surface area (Å²) < 4.78 is 31.5. The lowest BCUT2D eigenvalue weighted by molar-refractivity contribution is -0.123. The minimum atomic E-state index is -4.20. The molecule has 5 rings (SSSR count). The zero-order chi connectivity index (χ0) is 26.2. The number of fused-ring (bicyclic) bond motifs is 1. The van der Waals surface area contributed by atoms with Crippen molar-refractivity contribution in [1.82, 2.24) is 4.90 Å². The lowest BCUT2D eigenvalue weighted by Gasteiger charge is -2.13. The topological polar surface area (TPSA) is 80.8 Å². The average Bonchev–Trinajstić information content (AvgIpc) is 3.14. The first-order chi connectivity index (χ1) is 17.7. The van der Waals surface area contributed by atoms with Gasteiger partial charge in [-0.25, -0.2) is 0 Å². The van der Waals surface area contributed by atoms with Gasteiger partial charge in [0, 0.05) is 15.6 Å². The number of nitrogens with zero attached hydrogens (tertiary/aromatic N) is 1. The lowest BCUT2D eigenvalue weighted by atomic mass is 10.0. The molecule has 6 nitrogen and oxygen atoms in total. The summed E-state index contributed by atoms with van der Waals surface area (Å²) in [5.41, 5.74) is 1.11. The van der Waals surface area contributed by atoms with E-state index in [1.54, 1.807) is 42.5 Å². The molecule has 0 aliphatic carbocycles. The molecule has 4 aromatic rings. The Morgan fingerprint density at radius 3 is 2.19 bits per heavy atom. The molecule has 1 saturated heterocycles. The van der Waals surface area contributed by atoms with Gasteiger partial charge < -0.3 is 4.18 Å². The fraction of sp³-hybridized carbons (Fsp3) is 0.0370. The molecule has 1 fully saturated rings. The first-order valence-corrected chi connectivity index (χ1v) is 13.9. The number of benzene rings is 4. The van der Waals surface area contributed by atoms with Crippen LogP contribution >= 0.6 is 35.0 Å². The molecule has 0 atom stereocenters. The lowest BCUT2D eigenvalue weighted by Crippen LogP contribution is -2.27. The van der Waals surface area contributed by atoms with Gasteiger partial charge in [-0.2, -0.15) is 8.42 Å². The van der Waals surface area contributed by atoms with Crippen LogP contribution in [0.3, 0.4) is 0 Å². The molecule has 0 unspecified atom stereocenters. The normalized spacial score (nSPS) is 15.1. The second kappa shape index (κ2) is 10.2. The summed E-state index contributed by atoms with van der Waals surface area (Å²) in [5, 5.41) is 1.98. The quantitative estimate of drug-likeness (QED) is 0.181. The van der Waals surface area contributed by atoms with Crippen molar-refractivity contribution in [1.29, 1.82) is 0 Å². The summed E-state index contributed by atoms with van der Waals surface area (Å²) in [6, 6.07) is 23.0. The van der Waals surface area contributed by atoms with Gasteiger partial charge in [-0.1, -0.05) is 65.7 Å². The zero-order valence-corrected chi connectivity index (χ0v) is 22.1. The molecule has 1 heterocycles. The first-order valence-electron chi connectivity index (χ1n) is 10.9. The van der Waals surface area contributed by atoms with E-state index in [0.717, 1.165) is 27.6 Å². The van der Waals surface area contributed by atoms with Crippen LogP contribution in [0.5, 0.6) is 5.75 Å². The summed E-state index contributed by atoms with van der Waals surface area (Å²) in [4.78, 5) is 27.1. The molecule has 37 heavy (non-hydrogen) atoms. The Bertz CT molecular complexity index is 1670. The number of imide groups is 1. The molecule has 186 valence electrons. The molecule has 0 N–H and O–H groups in total. The highest BCUT2D eigenvalue weighted by atomic mass is 35.5. The molecule has 1 aliphatic rings. The fourth-order valence-electron chi connectivity index (χ4n) is 3.80. The van der Waals surface area contributed by atoms with Gasteiger partial charge in [0.05, 0.1) is 11.4 Å². The van der Waals surface area contributed by atoms with Gasteiger partial charge in [0.25, 0.3) is 11.1 Å². The molecule has 0 spiro atoms. The van der Waals surface area contributed by atoms with E-state index in [0.29, 0.717) is 21.0 Å². The van der Waals surface area contributed by atoms with Crippen molar-refractivity contribution in [3.63, 3.8) is 0 Å². The smallest absolute Gasteiger partial charge is 0.339 e. The van der Waals surface area contributed by atoms with Gasteiger partial charge in [-0.05, 0) is 76.6 Å². The highest BCUT2D eigenvalue weighted by Crippen LogP contribution is 2.38. The summed E-state index contributed by atoms with van der Waals surface area (Å²) in [6.45, 7) is 0.0863. The largest absolute Gasteiger partial charge is 0.378 e. The molecule has 0 radical (unpaired) electrons. The van der Waals surface area contributed by atoms with Crippen molar-refractivity contribution >= 4 is 73.1 Å². The monoisotopic (exact) mass is 569 g/mol. The summed E-state index contributed by atoms with van der Waals surface area (Å²) >= 11 is 12.6. The van der Waals surface area contributed by atoms with E-state index in [9.17, 15) is 18.0 Å². The van der Waals surface area contributed by atoms with Crippen LogP contribution in [0.15, 0.2) is 94.7 Å². The second-order valence-electron chi connectivity index (χ2n) is 8.08. The summed E-state index contributed by atoms with van der Waals surface area (Å²) in [5.74, 6) is -0.456. The number of rotatable bonds is 6. The van der Waals surface area contributed by atoms with E-state index in [1.807, 2.05) is 12.1 Å². The number of hydrogen-bond acceptors (Lipinski definition) is 6. The minimum absolute atomic E-state index is 0.0261. The average molecular weight is 570 g/mol. The standard InChI is InChI=1S/C27H17Cl2NO5S2/c28-19-8-5-17(6-9-19)16-30-26(31)25(36-27(30)32)15-23-22-4-2-1-3-18(22)7-14-24(23)35-37(33,34)21-12-10-20(29)11-13-21/h1-15H,16H2/b25-15-. The third-order valence-corrected chi connectivity index (χ3v) is 8.30. The van der Waals surface area contributed by atoms with Crippen molar-refractivity contribution in [3.8, 4) is 5.75 Å². The molecule has 0 aromatic heterocycles. The molecule has 4 aromatic carbocycles. The number of hydrogen-bond donors (Lipinski definition) is 0. The van der Waals surface area contributed by atoms with Gasteiger partial charge >= 0.3 is 10.1 Å². The predicted molar refractivity (Wildman–Crippen MR) is 146 cm³/mol. The Morgan fingerprint density at radius 1 is 0.838 bits per heavy atom. The molecule has 2 amide bonds. The van der Waals surface area contributed by atoms with E-state index in [1.165, 1.54) is 36.4 Å². The third-order valence-electron chi connectivity index (χ3n) is 5.64. The fourth-order valence-corrected chi connectivity index (χ4v) is 5.82. The zero-order valence-electron chi connectivity index (χ0n) is 18.9. The van der Waals surface area contributed by atoms with Gasteiger partial charge in [-0.15, -0.1) is 0 Å². The first kappa shape index (κ1) is 25.4. The van der Waals surface area contributed by atoms with Crippen LogP contribution in [0.2, 0.25) is 10.0 Å². The van der Waals surface area contributed by atoms with E-state index in [2.05, 4.69) is 0 Å². The third kappa shape index (κ3) is 5.38. The van der Waals surface area contributed by atoms with E-state index in [4.69, 9.17) is 27.4 Å². The number of carbonyl (C=O) groups is 2. The molecule has 10 heteroatoms. The van der Waals surface area contributed by atoms with Gasteiger partial charge in [0.15, 0.2) is 5.75 Å². The summed E-state index contributed by atoms with van der Waals surface area (Å²) in [7, 11) is -4.20.